The predicted molar refractivity (Wildman–Crippen MR) is 147 cm³/mol. The molecule has 4 aliphatic heterocycles. The van der Waals surface area contributed by atoms with Crippen molar-refractivity contribution in [1.82, 2.24) is 25.3 Å². The first kappa shape index (κ1) is 28.8. The molecule has 1 saturated carbocycles. The summed E-state index contributed by atoms with van der Waals surface area (Å²) in [5.74, 6) is -0.779. The number of benzene rings is 1. The zero-order chi connectivity index (χ0) is 29.4. The summed E-state index contributed by atoms with van der Waals surface area (Å²) < 4.78 is 11.5. The highest BCUT2D eigenvalue weighted by Gasteiger charge is 2.48. The van der Waals surface area contributed by atoms with E-state index in [4.69, 9.17) is 9.47 Å². The maximum absolute atomic E-state index is 14.0. The van der Waals surface area contributed by atoms with Crippen LogP contribution in [0.1, 0.15) is 32.1 Å². The Morgan fingerprint density at radius 3 is 2.50 bits per heavy atom. The first-order valence-corrected chi connectivity index (χ1v) is 14.9. The van der Waals surface area contributed by atoms with Crippen LogP contribution < -0.4 is 15.4 Å². The third-order valence-corrected chi connectivity index (χ3v) is 9.28. The van der Waals surface area contributed by atoms with Crippen LogP contribution in [0.15, 0.2) is 30.3 Å². The van der Waals surface area contributed by atoms with E-state index in [1.807, 2.05) is 6.07 Å². The predicted octanol–water partition coefficient (Wildman–Crippen LogP) is -1.77. The lowest BCUT2D eigenvalue weighted by Crippen LogP contribution is -2.64. The van der Waals surface area contributed by atoms with Crippen LogP contribution >= 0.6 is 0 Å². The van der Waals surface area contributed by atoms with Crippen molar-refractivity contribution in [3.8, 4) is 5.75 Å². The lowest BCUT2D eigenvalue weighted by Gasteiger charge is -2.43. The van der Waals surface area contributed by atoms with Crippen LogP contribution in [0.4, 0.5) is 0 Å². The summed E-state index contributed by atoms with van der Waals surface area (Å²) in [5, 5.41) is 26.9. The molecule has 5 aliphatic rings. The minimum absolute atomic E-state index is 0.00705. The number of nitrogens with zero attached hydrogens (tertiary/aromatic N) is 3. The Kier molecular flexibility index (Phi) is 8.35. The fraction of sp³-hybridized carbons (Fsp3) is 0.655. The van der Waals surface area contributed by atoms with Gasteiger partial charge >= 0.3 is 0 Å². The Labute approximate surface area is 244 Å². The fourth-order valence-electron chi connectivity index (χ4n) is 6.74. The topological polar surface area (TPSA) is 161 Å². The van der Waals surface area contributed by atoms with Gasteiger partial charge in [-0.15, -0.1) is 0 Å². The van der Waals surface area contributed by atoms with E-state index in [1.54, 1.807) is 29.2 Å². The molecule has 228 valence electrons. The maximum Gasteiger partial charge on any atom is 0.261 e. The van der Waals surface area contributed by atoms with Gasteiger partial charge in [-0.3, -0.25) is 24.1 Å². The van der Waals surface area contributed by atoms with Crippen LogP contribution in [0.2, 0.25) is 0 Å². The lowest BCUT2D eigenvalue weighted by atomic mass is 9.91. The van der Waals surface area contributed by atoms with E-state index in [2.05, 4.69) is 15.5 Å². The molecule has 4 saturated heterocycles. The van der Waals surface area contributed by atoms with E-state index < -0.39 is 42.4 Å². The summed E-state index contributed by atoms with van der Waals surface area (Å²) in [6.45, 7) is 0.561. The Hall–Kier alpha value is -3.26. The molecule has 13 nitrogen and oxygen atoms in total. The maximum atomic E-state index is 14.0. The number of nitrogens with one attached hydrogen (secondary N) is 2. The summed E-state index contributed by atoms with van der Waals surface area (Å²) in [6, 6.07) is 7.50. The number of carbonyl (C=O) groups is 4. The van der Waals surface area contributed by atoms with Gasteiger partial charge < -0.3 is 40.1 Å². The zero-order valence-corrected chi connectivity index (χ0v) is 23.5. The van der Waals surface area contributed by atoms with Crippen molar-refractivity contribution >= 4 is 23.6 Å². The van der Waals surface area contributed by atoms with Crippen molar-refractivity contribution in [2.75, 3.05) is 39.3 Å². The van der Waals surface area contributed by atoms with Crippen molar-refractivity contribution in [1.29, 1.82) is 0 Å². The van der Waals surface area contributed by atoms with Crippen LogP contribution in [0.25, 0.3) is 0 Å². The van der Waals surface area contributed by atoms with Gasteiger partial charge in [0.25, 0.3) is 5.91 Å². The summed E-state index contributed by atoms with van der Waals surface area (Å²) in [4.78, 5) is 59.0. The number of aliphatic hydroxyl groups excluding tert-OH is 2. The first-order chi connectivity index (χ1) is 20.3. The third-order valence-electron chi connectivity index (χ3n) is 9.28. The van der Waals surface area contributed by atoms with Gasteiger partial charge in [-0.25, -0.2) is 0 Å². The van der Waals surface area contributed by atoms with E-state index in [1.165, 1.54) is 4.90 Å². The summed E-state index contributed by atoms with van der Waals surface area (Å²) in [7, 11) is 0. The molecule has 5 fully saturated rings. The molecule has 6 bridgehead atoms. The number of aliphatic hydroxyl groups is 2. The van der Waals surface area contributed by atoms with Crippen LogP contribution in [-0.4, -0.2) is 136 Å². The third kappa shape index (κ3) is 5.83. The standard InChI is InChI=1S/C29H39N5O8/c35-24-12-22-26(37)27(38)23(42-22)13-30-28(39)21-15-32(9-10-33(21)25(36)16-41-19-7-2-1-3-8-19)29(40)20-11-17(31-24)14-34(20)18-5-4-6-18/h1-3,7-8,17-18,20-23,26-27,37-38H,4-6,9-16H2,(H,30,39)(H,31,35)/t17-,20-,21-,22-,23+,26-,27+/m0/s1. The number of hydrogen-bond acceptors (Lipinski definition) is 9. The molecule has 4 N–H and O–H groups in total. The molecule has 1 aromatic rings. The van der Waals surface area contributed by atoms with E-state index in [9.17, 15) is 29.4 Å². The second kappa shape index (κ2) is 12.2. The molecule has 0 aromatic heterocycles. The van der Waals surface area contributed by atoms with Gasteiger partial charge in [0.05, 0.1) is 25.1 Å². The first-order valence-electron chi connectivity index (χ1n) is 14.9. The van der Waals surface area contributed by atoms with Gasteiger partial charge in [-0.05, 0) is 31.4 Å². The van der Waals surface area contributed by atoms with E-state index in [0.29, 0.717) is 18.7 Å². The summed E-state index contributed by atoms with van der Waals surface area (Å²) >= 11 is 0. The number of amides is 4. The number of ether oxygens (including phenoxy) is 2. The quantitative estimate of drug-likeness (QED) is 0.320. The van der Waals surface area contributed by atoms with Crippen molar-refractivity contribution in [3.63, 3.8) is 0 Å². The van der Waals surface area contributed by atoms with Crippen LogP contribution in [0.5, 0.6) is 5.75 Å². The van der Waals surface area contributed by atoms with Crippen molar-refractivity contribution in [3.05, 3.63) is 30.3 Å². The highest BCUT2D eigenvalue weighted by atomic mass is 16.5. The molecule has 7 atom stereocenters. The van der Waals surface area contributed by atoms with Gasteiger partial charge in [0, 0.05) is 38.3 Å². The molecule has 6 rings (SSSR count). The minimum atomic E-state index is -1.30. The number of rotatable bonds is 4. The van der Waals surface area contributed by atoms with Crippen molar-refractivity contribution in [2.45, 2.75) is 80.7 Å². The normalized spacial score (nSPS) is 34.5. The molecule has 42 heavy (non-hydrogen) atoms. The molecular formula is C29H39N5O8. The van der Waals surface area contributed by atoms with E-state index in [-0.39, 0.29) is 69.0 Å². The Balaban J connectivity index is 1.24. The number of hydrogen-bond donors (Lipinski definition) is 4. The van der Waals surface area contributed by atoms with Gasteiger partial charge in [0.2, 0.25) is 17.7 Å². The van der Waals surface area contributed by atoms with Crippen molar-refractivity contribution in [2.24, 2.45) is 0 Å². The molecular weight excluding hydrogens is 546 g/mol. The molecule has 4 amide bonds. The number of para-hydroxylation sites is 1. The second-order valence-corrected chi connectivity index (χ2v) is 11.9. The molecule has 1 aliphatic carbocycles. The molecule has 0 radical (unpaired) electrons. The number of carbonyl (C=O) groups excluding carboxylic acids is 4. The number of fused-ring (bicyclic) bond motifs is 6. The average Bonchev–Trinajstić information content (AvgIpc) is 3.48. The SMILES string of the molecule is O=C1C[C@@H]2O[C@H](CNC(=O)[C@@H]3CN(CCN3C(=O)COc3ccccc3)C(=O)[C@@H]3C[C@@H](CN3C3CCC3)N1)[C@@H](O)[C@H]2O. The van der Waals surface area contributed by atoms with E-state index in [0.717, 1.165) is 19.3 Å². The average molecular weight is 586 g/mol. The van der Waals surface area contributed by atoms with Gasteiger partial charge in [0.1, 0.15) is 30.1 Å². The molecule has 13 heteroatoms. The van der Waals surface area contributed by atoms with Crippen LogP contribution in [-0.2, 0) is 23.9 Å². The van der Waals surface area contributed by atoms with Crippen LogP contribution in [0, 0.1) is 0 Å². The highest BCUT2D eigenvalue weighted by Crippen LogP contribution is 2.33. The van der Waals surface area contributed by atoms with Gasteiger partial charge in [-0.1, -0.05) is 24.6 Å². The summed E-state index contributed by atoms with van der Waals surface area (Å²) in [5.41, 5.74) is 0. The highest BCUT2D eigenvalue weighted by molar-refractivity contribution is 5.90. The molecule has 0 unspecified atom stereocenters. The zero-order valence-electron chi connectivity index (χ0n) is 23.5. The summed E-state index contributed by atoms with van der Waals surface area (Å²) in [6.07, 6.45) is -1.13. The Morgan fingerprint density at radius 2 is 1.76 bits per heavy atom. The van der Waals surface area contributed by atoms with Crippen LogP contribution in [0.3, 0.4) is 0 Å². The van der Waals surface area contributed by atoms with E-state index >= 15 is 0 Å². The number of likely N-dealkylation sites (tertiary alicyclic amines) is 1. The van der Waals surface area contributed by atoms with Gasteiger partial charge in [-0.2, -0.15) is 0 Å². The largest absolute Gasteiger partial charge is 0.484 e. The fourth-order valence-corrected chi connectivity index (χ4v) is 6.74. The molecule has 1 aromatic carbocycles. The molecule has 0 spiro atoms. The number of piperazine rings is 1. The lowest BCUT2D eigenvalue weighted by molar-refractivity contribution is -0.151. The second-order valence-electron chi connectivity index (χ2n) is 11.9. The molecule has 4 heterocycles. The Morgan fingerprint density at radius 1 is 1.00 bits per heavy atom. The van der Waals surface area contributed by atoms with Crippen molar-refractivity contribution < 1.29 is 38.9 Å². The Bertz CT molecular complexity index is 1180. The monoisotopic (exact) mass is 585 g/mol. The smallest absolute Gasteiger partial charge is 0.261 e. The van der Waals surface area contributed by atoms with Gasteiger partial charge in [0.15, 0.2) is 6.61 Å². The minimum Gasteiger partial charge on any atom is -0.484 e.